The van der Waals surface area contributed by atoms with Crippen LogP contribution in [0.4, 0.5) is 11.8 Å². The molecule has 0 saturated heterocycles. The Bertz CT molecular complexity index is 927. The second-order valence-electron chi connectivity index (χ2n) is 6.52. The average Bonchev–Trinajstić information content (AvgIpc) is 2.68. The number of nitrogens with two attached hydrogens (primary N) is 1. The number of unbranched alkanes of at least 4 members (excludes halogenated alkanes) is 1. The zero-order valence-corrected chi connectivity index (χ0v) is 15.7. The van der Waals surface area contributed by atoms with Crippen LogP contribution >= 0.6 is 0 Å². The van der Waals surface area contributed by atoms with Crippen LogP contribution in [-0.2, 0) is 0 Å². The number of benzene rings is 2. The first-order chi connectivity index (χ1) is 13.1. The van der Waals surface area contributed by atoms with Crippen molar-refractivity contribution in [3.8, 4) is 0 Å². The molecule has 6 heteroatoms. The van der Waals surface area contributed by atoms with Crippen molar-refractivity contribution in [2.45, 2.75) is 32.7 Å². The van der Waals surface area contributed by atoms with Crippen molar-refractivity contribution in [3.05, 3.63) is 59.7 Å². The van der Waals surface area contributed by atoms with Gasteiger partial charge in [-0.1, -0.05) is 49.7 Å². The number of hydrogen-bond donors (Lipinski definition) is 3. The molecule has 1 atom stereocenters. The van der Waals surface area contributed by atoms with Crippen molar-refractivity contribution in [1.29, 1.82) is 0 Å². The van der Waals surface area contributed by atoms with E-state index in [1.165, 1.54) is 0 Å². The van der Waals surface area contributed by atoms with E-state index in [0.29, 0.717) is 22.3 Å². The van der Waals surface area contributed by atoms with E-state index in [1.54, 1.807) is 6.07 Å². The predicted molar refractivity (Wildman–Crippen MR) is 110 cm³/mol. The first-order valence-electron chi connectivity index (χ1n) is 9.26. The van der Waals surface area contributed by atoms with Gasteiger partial charge in [-0.3, -0.25) is 4.79 Å². The third-order valence-electron chi connectivity index (χ3n) is 4.46. The van der Waals surface area contributed by atoms with Crippen molar-refractivity contribution >= 4 is 28.6 Å². The van der Waals surface area contributed by atoms with Crippen molar-refractivity contribution in [2.24, 2.45) is 0 Å². The molecule has 140 valence electrons. The van der Waals surface area contributed by atoms with Gasteiger partial charge in [-0.25, -0.2) is 4.98 Å². The van der Waals surface area contributed by atoms with E-state index < -0.39 is 0 Å². The number of nitrogens with zero attached hydrogens (tertiary/aromatic N) is 2. The maximum atomic E-state index is 13.0. The lowest BCUT2D eigenvalue weighted by molar-refractivity contribution is 0.0941. The molecule has 0 radical (unpaired) electrons. The molecule has 1 aromatic heterocycles. The van der Waals surface area contributed by atoms with Gasteiger partial charge in [-0.05, 0) is 31.0 Å². The number of carbonyl (C=O) groups excluding carboxylic acids is 1. The van der Waals surface area contributed by atoms with Crippen LogP contribution in [-0.4, -0.2) is 22.4 Å². The molecule has 1 heterocycles. The van der Waals surface area contributed by atoms with Gasteiger partial charge in [-0.2, -0.15) is 4.98 Å². The van der Waals surface area contributed by atoms with Crippen LogP contribution in [0.1, 0.15) is 48.7 Å². The minimum absolute atomic E-state index is 0.111. The number of fused-ring (bicyclic) bond motifs is 1. The zero-order valence-electron chi connectivity index (χ0n) is 15.7. The number of hydrogen-bond acceptors (Lipinski definition) is 5. The molecule has 3 rings (SSSR count). The summed E-state index contributed by atoms with van der Waals surface area (Å²) in [5.74, 6) is 0.629. The Morgan fingerprint density at radius 3 is 2.63 bits per heavy atom. The van der Waals surface area contributed by atoms with E-state index in [4.69, 9.17) is 5.73 Å². The van der Waals surface area contributed by atoms with Gasteiger partial charge in [0.1, 0.15) is 5.82 Å². The highest BCUT2D eigenvalue weighted by Gasteiger charge is 2.18. The van der Waals surface area contributed by atoms with Crippen LogP contribution in [0.5, 0.6) is 0 Å². The van der Waals surface area contributed by atoms with Gasteiger partial charge in [-0.15, -0.1) is 0 Å². The molecule has 0 aliphatic heterocycles. The van der Waals surface area contributed by atoms with Crippen molar-refractivity contribution in [2.75, 3.05) is 17.6 Å². The Hall–Kier alpha value is -3.15. The fraction of sp³-hybridized carbons (Fsp3) is 0.286. The lowest BCUT2D eigenvalue weighted by Gasteiger charge is -2.16. The lowest BCUT2D eigenvalue weighted by atomic mass is 10.1. The normalized spacial score (nSPS) is 11.9. The SMILES string of the molecule is CCCCNc1nc(N)nc2cccc(C(=O)N[C@H](C)c3ccccc3)c12. The molecule has 27 heavy (non-hydrogen) atoms. The number of nitrogens with one attached hydrogen (secondary N) is 2. The first kappa shape index (κ1) is 18.6. The van der Waals surface area contributed by atoms with E-state index in [1.807, 2.05) is 49.4 Å². The maximum Gasteiger partial charge on any atom is 0.252 e. The zero-order chi connectivity index (χ0) is 19.2. The summed E-state index contributed by atoms with van der Waals surface area (Å²) in [4.78, 5) is 21.6. The van der Waals surface area contributed by atoms with Gasteiger partial charge < -0.3 is 16.4 Å². The molecule has 0 aliphatic rings. The highest BCUT2D eigenvalue weighted by molar-refractivity contribution is 6.10. The van der Waals surface area contributed by atoms with Crippen LogP contribution in [0.3, 0.4) is 0 Å². The molecule has 1 amide bonds. The number of anilines is 2. The van der Waals surface area contributed by atoms with E-state index in [-0.39, 0.29) is 17.9 Å². The average molecular weight is 363 g/mol. The summed E-state index contributed by atoms with van der Waals surface area (Å²) in [7, 11) is 0. The van der Waals surface area contributed by atoms with Crippen LogP contribution < -0.4 is 16.4 Å². The molecule has 0 bridgehead atoms. The van der Waals surface area contributed by atoms with Gasteiger partial charge in [0.05, 0.1) is 22.5 Å². The van der Waals surface area contributed by atoms with Crippen molar-refractivity contribution < 1.29 is 4.79 Å². The van der Waals surface area contributed by atoms with Gasteiger partial charge in [0.2, 0.25) is 5.95 Å². The third kappa shape index (κ3) is 4.34. The molecule has 2 aromatic carbocycles. The largest absolute Gasteiger partial charge is 0.369 e. The van der Waals surface area contributed by atoms with E-state index in [0.717, 1.165) is 24.9 Å². The number of amides is 1. The van der Waals surface area contributed by atoms with Crippen LogP contribution in [0.25, 0.3) is 10.9 Å². The molecular formula is C21H25N5O. The van der Waals surface area contributed by atoms with Crippen LogP contribution in [0.15, 0.2) is 48.5 Å². The van der Waals surface area contributed by atoms with E-state index in [9.17, 15) is 4.79 Å². The Labute approximate surface area is 159 Å². The standard InChI is InChI=1S/C21H25N5O/c1-3-4-13-23-19-18-16(11-8-12-17(18)25-21(22)26-19)20(27)24-14(2)15-9-6-5-7-10-15/h5-12,14H,3-4,13H2,1-2H3,(H,24,27)(H3,22,23,25,26)/t14-/m1/s1. The van der Waals surface area contributed by atoms with Gasteiger partial charge >= 0.3 is 0 Å². The molecule has 6 nitrogen and oxygen atoms in total. The summed E-state index contributed by atoms with van der Waals surface area (Å²) in [6.07, 6.45) is 2.07. The number of aromatic nitrogens is 2. The maximum absolute atomic E-state index is 13.0. The quantitative estimate of drug-likeness (QED) is 0.553. The number of rotatable bonds is 7. The summed E-state index contributed by atoms with van der Waals surface area (Å²) in [5, 5.41) is 7.05. The van der Waals surface area contributed by atoms with Gasteiger partial charge in [0.25, 0.3) is 5.91 Å². The lowest BCUT2D eigenvalue weighted by Crippen LogP contribution is -2.27. The summed E-state index contributed by atoms with van der Waals surface area (Å²) >= 11 is 0. The topological polar surface area (TPSA) is 92.9 Å². The highest BCUT2D eigenvalue weighted by atomic mass is 16.1. The predicted octanol–water partition coefficient (Wildman–Crippen LogP) is 3.92. The Morgan fingerprint density at radius 2 is 1.89 bits per heavy atom. The van der Waals surface area contributed by atoms with Crippen molar-refractivity contribution in [1.82, 2.24) is 15.3 Å². The van der Waals surface area contributed by atoms with Crippen molar-refractivity contribution in [3.63, 3.8) is 0 Å². The highest BCUT2D eigenvalue weighted by Crippen LogP contribution is 2.26. The Morgan fingerprint density at radius 1 is 1.11 bits per heavy atom. The minimum atomic E-state index is -0.163. The molecule has 0 aliphatic carbocycles. The Kier molecular flexibility index (Phi) is 5.86. The Balaban J connectivity index is 1.94. The monoisotopic (exact) mass is 363 g/mol. The summed E-state index contributed by atoms with van der Waals surface area (Å²) in [6.45, 7) is 4.85. The smallest absolute Gasteiger partial charge is 0.252 e. The molecule has 4 N–H and O–H groups in total. The minimum Gasteiger partial charge on any atom is -0.369 e. The summed E-state index contributed by atoms with van der Waals surface area (Å²) < 4.78 is 0. The molecule has 0 saturated carbocycles. The fourth-order valence-electron chi connectivity index (χ4n) is 3.00. The van der Waals surface area contributed by atoms with Gasteiger partial charge in [0.15, 0.2) is 0 Å². The molecule has 0 fully saturated rings. The summed E-state index contributed by atoms with van der Waals surface area (Å²) in [6, 6.07) is 15.2. The van der Waals surface area contributed by atoms with E-state index in [2.05, 4.69) is 27.5 Å². The van der Waals surface area contributed by atoms with Gasteiger partial charge in [0, 0.05) is 6.54 Å². The van der Waals surface area contributed by atoms with Crippen LogP contribution in [0, 0.1) is 0 Å². The molecule has 0 unspecified atom stereocenters. The second-order valence-corrected chi connectivity index (χ2v) is 6.52. The molecular weight excluding hydrogens is 338 g/mol. The first-order valence-corrected chi connectivity index (χ1v) is 9.26. The number of nitrogen functional groups attached to an aromatic ring is 1. The molecule has 0 spiro atoms. The molecule has 3 aromatic rings. The third-order valence-corrected chi connectivity index (χ3v) is 4.46. The second kappa shape index (κ2) is 8.49. The number of carbonyl (C=O) groups is 1. The fourth-order valence-corrected chi connectivity index (χ4v) is 3.00. The summed E-state index contributed by atoms with van der Waals surface area (Å²) in [5.41, 5.74) is 8.09. The van der Waals surface area contributed by atoms with Crippen LogP contribution in [0.2, 0.25) is 0 Å². The van der Waals surface area contributed by atoms with E-state index >= 15 is 0 Å².